The van der Waals surface area contributed by atoms with Gasteiger partial charge in [0.25, 0.3) is 0 Å². The molecule has 0 atom stereocenters. The summed E-state index contributed by atoms with van der Waals surface area (Å²) in [5, 5.41) is 6.16. The van der Waals surface area contributed by atoms with Crippen molar-refractivity contribution in [3.05, 3.63) is 48.5 Å². The number of aromatic nitrogens is 1. The van der Waals surface area contributed by atoms with Crippen molar-refractivity contribution in [2.45, 2.75) is 64.7 Å². The van der Waals surface area contributed by atoms with Crippen molar-refractivity contribution >= 4 is 27.5 Å². The first kappa shape index (κ1) is 18.7. The minimum absolute atomic E-state index is 1.04. The molecule has 0 radical (unpaired) electrons. The Kier molecular flexibility index (Phi) is 7.30. The molecule has 2 heteroatoms. The van der Waals surface area contributed by atoms with Crippen LogP contribution in [0, 0.1) is 0 Å². The van der Waals surface area contributed by atoms with Crippen molar-refractivity contribution in [3.63, 3.8) is 0 Å². The number of hydrogen-bond donors (Lipinski definition) is 1. The van der Waals surface area contributed by atoms with Crippen molar-refractivity contribution in [2.24, 2.45) is 0 Å². The van der Waals surface area contributed by atoms with E-state index in [4.69, 9.17) is 4.98 Å². The Morgan fingerprint density at radius 1 is 0.654 bits per heavy atom. The zero-order valence-corrected chi connectivity index (χ0v) is 16.1. The average molecular weight is 349 g/mol. The number of para-hydroxylation sites is 2. The number of anilines is 1. The summed E-state index contributed by atoms with van der Waals surface area (Å²) in [6.07, 6.45) is 12.3. The first-order valence-corrected chi connectivity index (χ1v) is 10.4. The molecule has 3 rings (SSSR count). The Bertz CT molecular complexity index is 756. The highest BCUT2D eigenvalue weighted by molar-refractivity contribution is 6.07. The van der Waals surface area contributed by atoms with Gasteiger partial charge in [0.15, 0.2) is 0 Å². The molecule has 0 fully saturated rings. The van der Waals surface area contributed by atoms with E-state index >= 15 is 0 Å². The molecular weight excluding hydrogens is 316 g/mol. The first-order valence-electron chi connectivity index (χ1n) is 10.4. The van der Waals surface area contributed by atoms with Gasteiger partial charge in [-0.25, -0.2) is 4.98 Å². The lowest BCUT2D eigenvalue weighted by molar-refractivity contribution is 0.569. The molecule has 0 amide bonds. The van der Waals surface area contributed by atoms with Crippen LogP contribution in [0.15, 0.2) is 48.5 Å². The minimum atomic E-state index is 1.04. The molecule has 0 saturated heterocycles. The average Bonchev–Trinajstić information content (AvgIpc) is 2.68. The third kappa shape index (κ3) is 4.97. The molecule has 3 aromatic rings. The van der Waals surface area contributed by atoms with Crippen LogP contribution in [0.4, 0.5) is 5.69 Å². The topological polar surface area (TPSA) is 24.9 Å². The standard InChI is InChI=1S/C24H32N2/c1-2-3-4-5-6-7-8-9-14-19-25-24-20-15-10-12-17-22(20)26-23-18-13-11-16-21(23)24/h10-13,15-18H,2-9,14,19H2,1H3,(H,25,26). The molecule has 138 valence electrons. The maximum Gasteiger partial charge on any atom is 0.0730 e. The molecule has 0 aliphatic heterocycles. The van der Waals surface area contributed by atoms with Crippen LogP contribution < -0.4 is 5.32 Å². The van der Waals surface area contributed by atoms with Crippen LogP contribution >= 0.6 is 0 Å². The molecule has 1 N–H and O–H groups in total. The highest BCUT2D eigenvalue weighted by atomic mass is 14.9. The highest BCUT2D eigenvalue weighted by Gasteiger charge is 2.07. The third-order valence-electron chi connectivity index (χ3n) is 5.17. The van der Waals surface area contributed by atoms with Gasteiger partial charge in [0.1, 0.15) is 0 Å². The van der Waals surface area contributed by atoms with Crippen molar-refractivity contribution in [1.29, 1.82) is 0 Å². The number of benzene rings is 2. The van der Waals surface area contributed by atoms with Crippen LogP contribution in [-0.4, -0.2) is 11.5 Å². The summed E-state index contributed by atoms with van der Waals surface area (Å²) in [5.74, 6) is 0. The van der Waals surface area contributed by atoms with Gasteiger partial charge in [0, 0.05) is 17.3 Å². The Hall–Kier alpha value is -2.09. The molecule has 0 aliphatic rings. The number of fused-ring (bicyclic) bond motifs is 2. The lowest BCUT2D eigenvalue weighted by atomic mass is 10.1. The lowest BCUT2D eigenvalue weighted by Gasteiger charge is -2.13. The van der Waals surface area contributed by atoms with E-state index in [2.05, 4.69) is 60.8 Å². The molecule has 0 bridgehead atoms. The lowest BCUT2D eigenvalue weighted by Crippen LogP contribution is -2.03. The SMILES string of the molecule is CCCCCCCCCCCNc1c2ccccc2nc2ccccc12. The van der Waals surface area contributed by atoms with Crippen LogP contribution in [0.25, 0.3) is 21.8 Å². The summed E-state index contributed by atoms with van der Waals surface area (Å²) in [5.41, 5.74) is 3.38. The predicted octanol–water partition coefficient (Wildman–Crippen LogP) is 7.33. The second-order valence-electron chi connectivity index (χ2n) is 7.28. The van der Waals surface area contributed by atoms with Gasteiger partial charge in [-0.1, -0.05) is 94.7 Å². The first-order chi connectivity index (χ1) is 12.9. The third-order valence-corrected chi connectivity index (χ3v) is 5.17. The van der Waals surface area contributed by atoms with Gasteiger partial charge in [-0.15, -0.1) is 0 Å². The van der Waals surface area contributed by atoms with Crippen molar-refractivity contribution in [2.75, 3.05) is 11.9 Å². The van der Waals surface area contributed by atoms with E-state index in [0.717, 1.165) is 17.6 Å². The molecule has 2 aromatic carbocycles. The zero-order chi connectivity index (χ0) is 18.0. The smallest absolute Gasteiger partial charge is 0.0730 e. The number of nitrogens with one attached hydrogen (secondary N) is 1. The molecule has 0 unspecified atom stereocenters. The Labute approximate surface area is 158 Å². The van der Waals surface area contributed by atoms with Crippen LogP contribution in [-0.2, 0) is 0 Å². The van der Waals surface area contributed by atoms with E-state index < -0.39 is 0 Å². The van der Waals surface area contributed by atoms with Gasteiger partial charge in [0.05, 0.1) is 16.7 Å². The normalized spacial score (nSPS) is 11.3. The monoisotopic (exact) mass is 348 g/mol. The van der Waals surface area contributed by atoms with Gasteiger partial charge >= 0.3 is 0 Å². The van der Waals surface area contributed by atoms with E-state index in [9.17, 15) is 0 Å². The van der Waals surface area contributed by atoms with Crippen molar-refractivity contribution < 1.29 is 0 Å². The van der Waals surface area contributed by atoms with Crippen molar-refractivity contribution in [1.82, 2.24) is 4.98 Å². The molecule has 26 heavy (non-hydrogen) atoms. The highest BCUT2D eigenvalue weighted by Crippen LogP contribution is 2.30. The largest absolute Gasteiger partial charge is 0.384 e. The van der Waals surface area contributed by atoms with Gasteiger partial charge < -0.3 is 5.32 Å². The summed E-state index contributed by atoms with van der Waals surface area (Å²) < 4.78 is 0. The molecule has 0 spiro atoms. The van der Waals surface area contributed by atoms with Crippen LogP contribution in [0.3, 0.4) is 0 Å². The minimum Gasteiger partial charge on any atom is -0.384 e. The second-order valence-corrected chi connectivity index (χ2v) is 7.28. The summed E-state index contributed by atoms with van der Waals surface area (Å²) in [4.78, 5) is 4.80. The fourth-order valence-corrected chi connectivity index (χ4v) is 3.68. The zero-order valence-electron chi connectivity index (χ0n) is 16.1. The quantitative estimate of drug-likeness (QED) is 0.290. The fourth-order valence-electron chi connectivity index (χ4n) is 3.68. The second kappa shape index (κ2) is 10.2. The Morgan fingerprint density at radius 3 is 1.73 bits per heavy atom. The molecular formula is C24H32N2. The van der Waals surface area contributed by atoms with Gasteiger partial charge in [-0.3, -0.25) is 0 Å². The molecule has 1 heterocycles. The number of pyridine rings is 1. The fraction of sp³-hybridized carbons (Fsp3) is 0.458. The summed E-state index contributed by atoms with van der Waals surface area (Å²) in [7, 11) is 0. The van der Waals surface area contributed by atoms with E-state index in [0.29, 0.717) is 0 Å². The van der Waals surface area contributed by atoms with Crippen molar-refractivity contribution in [3.8, 4) is 0 Å². The Morgan fingerprint density at radius 2 is 1.15 bits per heavy atom. The summed E-state index contributed by atoms with van der Waals surface area (Å²) >= 11 is 0. The van der Waals surface area contributed by atoms with Gasteiger partial charge in [-0.05, 0) is 18.6 Å². The van der Waals surface area contributed by atoms with Gasteiger partial charge in [0.2, 0.25) is 0 Å². The number of unbranched alkanes of at least 4 members (excludes halogenated alkanes) is 8. The van der Waals surface area contributed by atoms with E-state index in [-0.39, 0.29) is 0 Å². The number of nitrogens with zero attached hydrogens (tertiary/aromatic N) is 1. The molecule has 0 aliphatic carbocycles. The van der Waals surface area contributed by atoms with Gasteiger partial charge in [-0.2, -0.15) is 0 Å². The van der Waals surface area contributed by atoms with Crippen LogP contribution in [0.5, 0.6) is 0 Å². The maximum atomic E-state index is 4.80. The van der Waals surface area contributed by atoms with E-state index in [1.807, 2.05) is 0 Å². The predicted molar refractivity (Wildman–Crippen MR) is 115 cm³/mol. The molecule has 2 nitrogen and oxygen atoms in total. The molecule has 1 aromatic heterocycles. The Balaban J connectivity index is 1.52. The van der Waals surface area contributed by atoms with Crippen LogP contribution in [0.2, 0.25) is 0 Å². The van der Waals surface area contributed by atoms with E-state index in [1.54, 1.807) is 0 Å². The van der Waals surface area contributed by atoms with E-state index in [1.165, 1.54) is 74.2 Å². The summed E-state index contributed by atoms with van der Waals surface area (Å²) in [6.45, 7) is 3.32. The molecule has 0 saturated carbocycles. The number of rotatable bonds is 11. The maximum absolute atomic E-state index is 4.80. The summed E-state index contributed by atoms with van der Waals surface area (Å²) in [6, 6.07) is 16.9. The number of hydrogen-bond acceptors (Lipinski definition) is 2. The van der Waals surface area contributed by atoms with Crippen LogP contribution in [0.1, 0.15) is 64.7 Å².